The standard InChI is InChI=1S/C8H11BrN2O/c1-8(10,5-12)6-2-3-7(9)11-4-6/h2-4,12H,5,10H2,1H3. The number of aliphatic hydroxyl groups excluding tert-OH is 1. The molecule has 66 valence electrons. The van der Waals surface area contributed by atoms with E-state index in [0.29, 0.717) is 0 Å². The molecule has 0 aliphatic heterocycles. The lowest BCUT2D eigenvalue weighted by molar-refractivity contribution is 0.210. The van der Waals surface area contributed by atoms with Crippen LogP contribution < -0.4 is 5.73 Å². The van der Waals surface area contributed by atoms with Crippen molar-refractivity contribution in [3.63, 3.8) is 0 Å². The maximum Gasteiger partial charge on any atom is 0.106 e. The van der Waals surface area contributed by atoms with Crippen LogP contribution in [0.1, 0.15) is 12.5 Å². The molecule has 0 radical (unpaired) electrons. The van der Waals surface area contributed by atoms with Gasteiger partial charge in [0.25, 0.3) is 0 Å². The predicted molar refractivity (Wildman–Crippen MR) is 50.6 cm³/mol. The smallest absolute Gasteiger partial charge is 0.106 e. The number of aromatic nitrogens is 1. The minimum atomic E-state index is -0.701. The van der Waals surface area contributed by atoms with Gasteiger partial charge < -0.3 is 10.8 Å². The summed E-state index contributed by atoms with van der Waals surface area (Å²) in [6.45, 7) is 1.67. The molecule has 3 N–H and O–H groups in total. The molecule has 0 bridgehead atoms. The average molecular weight is 231 g/mol. The van der Waals surface area contributed by atoms with Crippen LogP contribution in [-0.4, -0.2) is 16.7 Å². The van der Waals surface area contributed by atoms with Gasteiger partial charge in [0.15, 0.2) is 0 Å². The van der Waals surface area contributed by atoms with Crippen molar-refractivity contribution in [2.75, 3.05) is 6.61 Å². The lowest BCUT2D eigenvalue weighted by Gasteiger charge is -2.21. The van der Waals surface area contributed by atoms with Gasteiger partial charge in [-0.2, -0.15) is 0 Å². The molecule has 0 aromatic carbocycles. The van der Waals surface area contributed by atoms with Gasteiger partial charge in [-0.15, -0.1) is 0 Å². The van der Waals surface area contributed by atoms with Gasteiger partial charge in [-0.25, -0.2) is 4.98 Å². The Bertz CT molecular complexity index is 258. The minimum absolute atomic E-state index is 0.0870. The second kappa shape index (κ2) is 3.51. The van der Waals surface area contributed by atoms with Crippen molar-refractivity contribution in [1.82, 2.24) is 4.98 Å². The van der Waals surface area contributed by atoms with Gasteiger partial charge in [-0.05, 0) is 34.5 Å². The molecule has 0 saturated heterocycles. The maximum absolute atomic E-state index is 8.95. The summed E-state index contributed by atoms with van der Waals surface area (Å²) in [5, 5.41) is 8.95. The van der Waals surface area contributed by atoms with E-state index in [1.165, 1.54) is 0 Å². The van der Waals surface area contributed by atoms with E-state index in [1.54, 1.807) is 19.2 Å². The van der Waals surface area contributed by atoms with Gasteiger partial charge in [-0.1, -0.05) is 6.07 Å². The van der Waals surface area contributed by atoms with E-state index in [0.717, 1.165) is 10.2 Å². The summed E-state index contributed by atoms with van der Waals surface area (Å²) in [6.07, 6.45) is 1.65. The summed E-state index contributed by atoms with van der Waals surface area (Å²) < 4.78 is 0.764. The first-order valence-corrected chi connectivity index (χ1v) is 4.37. The second-order valence-corrected chi connectivity index (χ2v) is 3.76. The number of hydrogen-bond acceptors (Lipinski definition) is 3. The fourth-order valence-electron chi connectivity index (χ4n) is 0.805. The number of nitrogens with two attached hydrogens (primary N) is 1. The summed E-state index contributed by atoms with van der Waals surface area (Å²) in [5.74, 6) is 0. The van der Waals surface area contributed by atoms with E-state index < -0.39 is 5.54 Å². The van der Waals surface area contributed by atoms with E-state index in [-0.39, 0.29) is 6.61 Å². The quantitative estimate of drug-likeness (QED) is 0.747. The van der Waals surface area contributed by atoms with Crippen molar-refractivity contribution in [2.24, 2.45) is 5.73 Å². The van der Waals surface area contributed by atoms with E-state index in [2.05, 4.69) is 20.9 Å². The highest BCUT2D eigenvalue weighted by Crippen LogP contribution is 2.17. The van der Waals surface area contributed by atoms with Crippen molar-refractivity contribution >= 4 is 15.9 Å². The van der Waals surface area contributed by atoms with Crippen LogP contribution in [0, 0.1) is 0 Å². The molecule has 1 aromatic heterocycles. The summed E-state index contributed by atoms with van der Waals surface area (Å²) >= 11 is 3.22. The number of hydrogen-bond donors (Lipinski definition) is 2. The first kappa shape index (κ1) is 9.64. The highest BCUT2D eigenvalue weighted by Gasteiger charge is 2.19. The molecule has 0 amide bonds. The van der Waals surface area contributed by atoms with Gasteiger partial charge in [0.1, 0.15) is 4.60 Å². The molecule has 1 rings (SSSR count). The van der Waals surface area contributed by atoms with Gasteiger partial charge in [0, 0.05) is 6.20 Å². The summed E-state index contributed by atoms with van der Waals surface area (Å²) in [7, 11) is 0. The molecule has 1 heterocycles. The van der Waals surface area contributed by atoms with Crippen LogP contribution in [0.4, 0.5) is 0 Å². The van der Waals surface area contributed by atoms with Crippen LogP contribution in [0.5, 0.6) is 0 Å². The van der Waals surface area contributed by atoms with Crippen LogP contribution >= 0.6 is 15.9 Å². The Hall–Kier alpha value is -0.450. The third-order valence-corrected chi connectivity index (χ3v) is 2.18. The lowest BCUT2D eigenvalue weighted by atomic mass is 9.96. The number of pyridine rings is 1. The first-order chi connectivity index (χ1) is 5.56. The Morgan fingerprint density at radius 3 is 2.75 bits per heavy atom. The molecule has 1 aromatic rings. The van der Waals surface area contributed by atoms with Crippen LogP contribution in [0.25, 0.3) is 0 Å². The molecule has 4 heteroatoms. The Morgan fingerprint density at radius 1 is 1.67 bits per heavy atom. The zero-order valence-electron chi connectivity index (χ0n) is 6.79. The van der Waals surface area contributed by atoms with Gasteiger partial charge >= 0.3 is 0 Å². The lowest BCUT2D eigenvalue weighted by Crippen LogP contribution is -2.36. The molecule has 1 unspecified atom stereocenters. The molecule has 0 fully saturated rings. The zero-order chi connectivity index (χ0) is 9.19. The average Bonchev–Trinajstić information content (AvgIpc) is 2.05. The Labute approximate surface area is 79.7 Å². The zero-order valence-corrected chi connectivity index (χ0v) is 8.37. The molecule has 3 nitrogen and oxygen atoms in total. The number of nitrogens with zero attached hydrogens (tertiary/aromatic N) is 1. The number of aliphatic hydroxyl groups is 1. The Kier molecular flexibility index (Phi) is 2.82. The molecule has 0 spiro atoms. The fourth-order valence-corrected chi connectivity index (χ4v) is 1.04. The summed E-state index contributed by atoms with van der Waals surface area (Å²) in [6, 6.07) is 3.64. The molecular weight excluding hydrogens is 220 g/mol. The SMILES string of the molecule is CC(N)(CO)c1ccc(Br)nc1. The van der Waals surface area contributed by atoms with Crippen molar-refractivity contribution in [3.05, 3.63) is 28.5 Å². The van der Waals surface area contributed by atoms with E-state index in [1.807, 2.05) is 6.07 Å². The predicted octanol–water partition coefficient (Wildman–Crippen LogP) is 1.01. The fraction of sp³-hybridized carbons (Fsp3) is 0.375. The number of rotatable bonds is 2. The van der Waals surface area contributed by atoms with E-state index in [9.17, 15) is 0 Å². The van der Waals surface area contributed by atoms with Crippen molar-refractivity contribution in [1.29, 1.82) is 0 Å². The molecule has 0 aliphatic carbocycles. The molecule has 12 heavy (non-hydrogen) atoms. The van der Waals surface area contributed by atoms with Crippen molar-refractivity contribution in [3.8, 4) is 0 Å². The third-order valence-electron chi connectivity index (χ3n) is 1.72. The molecular formula is C8H11BrN2O. The van der Waals surface area contributed by atoms with E-state index in [4.69, 9.17) is 10.8 Å². The van der Waals surface area contributed by atoms with Crippen LogP contribution in [0.3, 0.4) is 0 Å². The van der Waals surface area contributed by atoms with Crippen LogP contribution in [0.2, 0.25) is 0 Å². The second-order valence-electron chi connectivity index (χ2n) is 2.95. The summed E-state index contributed by atoms with van der Waals surface area (Å²) in [5.41, 5.74) is 5.91. The molecule has 1 atom stereocenters. The van der Waals surface area contributed by atoms with Gasteiger partial charge in [0.05, 0.1) is 12.1 Å². The molecule has 0 saturated carbocycles. The van der Waals surface area contributed by atoms with Crippen LogP contribution in [-0.2, 0) is 5.54 Å². The minimum Gasteiger partial charge on any atom is -0.394 e. The number of halogens is 1. The summed E-state index contributed by atoms with van der Waals surface area (Å²) in [4.78, 5) is 4.02. The third kappa shape index (κ3) is 2.03. The highest BCUT2D eigenvalue weighted by molar-refractivity contribution is 9.10. The van der Waals surface area contributed by atoms with Crippen LogP contribution in [0.15, 0.2) is 22.9 Å². The normalized spacial score (nSPS) is 15.7. The van der Waals surface area contributed by atoms with Gasteiger partial charge in [0.2, 0.25) is 0 Å². The maximum atomic E-state index is 8.95. The molecule has 0 aliphatic rings. The monoisotopic (exact) mass is 230 g/mol. The Balaban J connectivity index is 2.96. The topological polar surface area (TPSA) is 59.1 Å². The highest BCUT2D eigenvalue weighted by atomic mass is 79.9. The largest absolute Gasteiger partial charge is 0.394 e. The Morgan fingerprint density at radius 2 is 2.33 bits per heavy atom. The van der Waals surface area contributed by atoms with E-state index >= 15 is 0 Å². The van der Waals surface area contributed by atoms with Crippen molar-refractivity contribution < 1.29 is 5.11 Å². The van der Waals surface area contributed by atoms with Gasteiger partial charge in [-0.3, -0.25) is 0 Å². The van der Waals surface area contributed by atoms with Crippen molar-refractivity contribution in [2.45, 2.75) is 12.5 Å². The first-order valence-electron chi connectivity index (χ1n) is 3.58.